The Hall–Kier alpha value is -1.65. The number of nitrogens with one attached hydrogen (secondary N) is 1. The molecule has 0 saturated heterocycles. The molecule has 0 aliphatic carbocycles. The fraction of sp³-hybridized carbons (Fsp3) is 0.231. The summed E-state index contributed by atoms with van der Waals surface area (Å²) >= 11 is 5.91. The van der Waals surface area contributed by atoms with Gasteiger partial charge in [0.05, 0.1) is 17.7 Å². The summed E-state index contributed by atoms with van der Waals surface area (Å²) in [6.07, 6.45) is 0. The smallest absolute Gasteiger partial charge is 0.252 e. The lowest BCUT2D eigenvalue weighted by molar-refractivity contribution is 0.0938. The van der Waals surface area contributed by atoms with E-state index in [0.29, 0.717) is 29.4 Å². The van der Waals surface area contributed by atoms with Crippen LogP contribution in [0.5, 0.6) is 0 Å². The standard InChI is InChI=1S/C13H13ClN2O2/c1-18-7-6-15-13(17)10-8-12(14)16-11-5-3-2-4-9(10)11/h2-5,8H,6-7H2,1H3,(H,15,17). The van der Waals surface area contributed by atoms with Crippen LogP contribution in [0.3, 0.4) is 0 Å². The van der Waals surface area contributed by atoms with Gasteiger partial charge in [-0.2, -0.15) is 0 Å². The van der Waals surface area contributed by atoms with Crippen molar-refractivity contribution >= 4 is 28.4 Å². The molecular formula is C13H13ClN2O2. The summed E-state index contributed by atoms with van der Waals surface area (Å²) in [5.74, 6) is -0.174. The topological polar surface area (TPSA) is 51.2 Å². The number of benzene rings is 1. The minimum atomic E-state index is -0.174. The van der Waals surface area contributed by atoms with Crippen LogP contribution >= 0.6 is 11.6 Å². The van der Waals surface area contributed by atoms with Crippen molar-refractivity contribution in [1.82, 2.24) is 10.3 Å². The van der Waals surface area contributed by atoms with Crippen molar-refractivity contribution in [2.45, 2.75) is 0 Å². The van der Waals surface area contributed by atoms with Gasteiger partial charge in [-0.25, -0.2) is 4.98 Å². The minimum Gasteiger partial charge on any atom is -0.383 e. The lowest BCUT2D eigenvalue weighted by atomic mass is 10.1. The van der Waals surface area contributed by atoms with Gasteiger partial charge >= 0.3 is 0 Å². The van der Waals surface area contributed by atoms with E-state index in [1.807, 2.05) is 24.3 Å². The summed E-state index contributed by atoms with van der Waals surface area (Å²) in [5.41, 5.74) is 1.24. The number of nitrogens with zero attached hydrogens (tertiary/aromatic N) is 1. The molecule has 0 aliphatic heterocycles. The molecule has 0 fully saturated rings. The number of hydrogen-bond donors (Lipinski definition) is 1. The third kappa shape index (κ3) is 2.78. The monoisotopic (exact) mass is 264 g/mol. The molecule has 0 saturated carbocycles. The number of ether oxygens (including phenoxy) is 1. The molecule has 0 radical (unpaired) electrons. The highest BCUT2D eigenvalue weighted by atomic mass is 35.5. The Balaban J connectivity index is 2.34. The quantitative estimate of drug-likeness (QED) is 0.681. The number of para-hydroxylation sites is 1. The van der Waals surface area contributed by atoms with E-state index in [2.05, 4.69) is 10.3 Å². The van der Waals surface area contributed by atoms with Crippen molar-refractivity contribution in [3.63, 3.8) is 0 Å². The van der Waals surface area contributed by atoms with Crippen molar-refractivity contribution in [1.29, 1.82) is 0 Å². The van der Waals surface area contributed by atoms with E-state index < -0.39 is 0 Å². The predicted molar refractivity (Wildman–Crippen MR) is 71.0 cm³/mol. The second-order valence-corrected chi connectivity index (χ2v) is 4.15. The Morgan fingerprint density at radius 2 is 2.22 bits per heavy atom. The highest BCUT2D eigenvalue weighted by molar-refractivity contribution is 6.30. The lowest BCUT2D eigenvalue weighted by Gasteiger charge is -2.08. The minimum absolute atomic E-state index is 0.174. The first-order valence-electron chi connectivity index (χ1n) is 5.55. The molecule has 1 aromatic carbocycles. The number of carbonyl (C=O) groups excluding carboxylic acids is 1. The Bertz CT molecular complexity index is 572. The van der Waals surface area contributed by atoms with Gasteiger partial charge in [0.15, 0.2) is 0 Å². The molecule has 2 aromatic rings. The van der Waals surface area contributed by atoms with E-state index in [1.54, 1.807) is 13.2 Å². The normalized spacial score (nSPS) is 10.6. The van der Waals surface area contributed by atoms with Crippen LogP contribution < -0.4 is 5.32 Å². The van der Waals surface area contributed by atoms with Crippen LogP contribution in [-0.2, 0) is 4.74 Å². The van der Waals surface area contributed by atoms with Gasteiger partial charge in [-0.05, 0) is 12.1 Å². The van der Waals surface area contributed by atoms with Gasteiger partial charge in [0, 0.05) is 19.0 Å². The van der Waals surface area contributed by atoms with E-state index in [-0.39, 0.29) is 5.91 Å². The van der Waals surface area contributed by atoms with Gasteiger partial charge in [0.25, 0.3) is 5.91 Å². The summed E-state index contributed by atoms with van der Waals surface area (Å²) < 4.78 is 4.89. The number of halogens is 1. The molecule has 2 rings (SSSR count). The fourth-order valence-electron chi connectivity index (χ4n) is 1.69. The summed E-state index contributed by atoms with van der Waals surface area (Å²) in [7, 11) is 1.59. The zero-order chi connectivity index (χ0) is 13.0. The molecule has 0 atom stereocenters. The number of carbonyl (C=O) groups is 1. The molecule has 0 spiro atoms. The first kappa shape index (κ1) is 12.8. The van der Waals surface area contributed by atoms with Gasteiger partial charge < -0.3 is 10.1 Å². The molecule has 1 amide bonds. The Labute approximate surface area is 110 Å². The maximum Gasteiger partial charge on any atom is 0.252 e. The Morgan fingerprint density at radius 1 is 1.44 bits per heavy atom. The molecule has 0 aliphatic rings. The van der Waals surface area contributed by atoms with Crippen molar-refractivity contribution in [3.8, 4) is 0 Å². The van der Waals surface area contributed by atoms with Crippen LogP contribution in [0.25, 0.3) is 10.9 Å². The summed E-state index contributed by atoms with van der Waals surface area (Å²) in [4.78, 5) is 16.2. The van der Waals surface area contributed by atoms with Gasteiger partial charge in [-0.3, -0.25) is 4.79 Å². The first-order valence-corrected chi connectivity index (χ1v) is 5.92. The Morgan fingerprint density at radius 3 is 3.00 bits per heavy atom. The number of fused-ring (bicyclic) bond motifs is 1. The average Bonchev–Trinajstić information content (AvgIpc) is 2.38. The predicted octanol–water partition coefficient (Wildman–Crippen LogP) is 2.26. The van der Waals surface area contributed by atoms with Crippen LogP contribution in [0.4, 0.5) is 0 Å². The fourth-order valence-corrected chi connectivity index (χ4v) is 1.89. The van der Waals surface area contributed by atoms with E-state index in [1.165, 1.54) is 0 Å². The molecule has 94 valence electrons. The van der Waals surface area contributed by atoms with Gasteiger partial charge in [-0.1, -0.05) is 29.8 Å². The molecule has 18 heavy (non-hydrogen) atoms. The Kier molecular flexibility index (Phi) is 4.12. The summed E-state index contributed by atoms with van der Waals surface area (Å²) in [5, 5.41) is 3.87. The van der Waals surface area contributed by atoms with Crippen LogP contribution in [-0.4, -0.2) is 31.2 Å². The van der Waals surface area contributed by atoms with Crippen LogP contribution in [0, 0.1) is 0 Å². The molecule has 0 unspecified atom stereocenters. The number of rotatable bonds is 4. The molecule has 1 heterocycles. The van der Waals surface area contributed by atoms with Crippen LogP contribution in [0.1, 0.15) is 10.4 Å². The maximum atomic E-state index is 12.0. The SMILES string of the molecule is COCCNC(=O)c1cc(Cl)nc2ccccc12. The number of pyridine rings is 1. The summed E-state index contributed by atoms with van der Waals surface area (Å²) in [6, 6.07) is 8.98. The van der Waals surface area contributed by atoms with Crippen LogP contribution in [0.2, 0.25) is 5.15 Å². The van der Waals surface area contributed by atoms with Gasteiger partial charge in [0.2, 0.25) is 0 Å². The van der Waals surface area contributed by atoms with Crippen molar-refractivity contribution < 1.29 is 9.53 Å². The lowest BCUT2D eigenvalue weighted by Crippen LogP contribution is -2.27. The zero-order valence-corrected chi connectivity index (χ0v) is 10.7. The molecule has 4 nitrogen and oxygen atoms in total. The molecule has 0 bridgehead atoms. The molecule has 5 heteroatoms. The third-order valence-electron chi connectivity index (χ3n) is 2.52. The average molecular weight is 265 g/mol. The molecular weight excluding hydrogens is 252 g/mol. The zero-order valence-electron chi connectivity index (χ0n) is 9.94. The second-order valence-electron chi connectivity index (χ2n) is 3.76. The van der Waals surface area contributed by atoms with Crippen molar-refractivity contribution in [2.75, 3.05) is 20.3 Å². The third-order valence-corrected chi connectivity index (χ3v) is 2.71. The van der Waals surface area contributed by atoms with E-state index >= 15 is 0 Å². The van der Waals surface area contributed by atoms with Gasteiger partial charge in [0.1, 0.15) is 5.15 Å². The second kappa shape index (κ2) is 5.80. The summed E-state index contributed by atoms with van der Waals surface area (Å²) in [6.45, 7) is 0.937. The number of methoxy groups -OCH3 is 1. The number of aromatic nitrogens is 1. The van der Waals surface area contributed by atoms with E-state index in [0.717, 1.165) is 5.39 Å². The molecule has 1 N–H and O–H groups in total. The van der Waals surface area contributed by atoms with Crippen molar-refractivity contribution in [2.24, 2.45) is 0 Å². The van der Waals surface area contributed by atoms with E-state index in [9.17, 15) is 4.79 Å². The maximum absolute atomic E-state index is 12.0. The largest absolute Gasteiger partial charge is 0.383 e. The first-order chi connectivity index (χ1) is 8.72. The van der Waals surface area contributed by atoms with Gasteiger partial charge in [-0.15, -0.1) is 0 Å². The molecule has 1 aromatic heterocycles. The number of hydrogen-bond acceptors (Lipinski definition) is 3. The highest BCUT2D eigenvalue weighted by Gasteiger charge is 2.11. The van der Waals surface area contributed by atoms with Crippen molar-refractivity contribution in [3.05, 3.63) is 41.0 Å². The number of amides is 1. The van der Waals surface area contributed by atoms with E-state index in [4.69, 9.17) is 16.3 Å². The highest BCUT2D eigenvalue weighted by Crippen LogP contribution is 2.20. The van der Waals surface area contributed by atoms with Crippen LogP contribution in [0.15, 0.2) is 30.3 Å².